The minimum atomic E-state index is -1.81. The van der Waals surface area contributed by atoms with E-state index in [1.165, 1.54) is 27.2 Å². The van der Waals surface area contributed by atoms with Gasteiger partial charge in [0, 0.05) is 29.7 Å². The Morgan fingerprint density at radius 3 is 1.84 bits per heavy atom. The number of phenolic OH excluding ortho intramolecular Hbond substituents is 3. The van der Waals surface area contributed by atoms with Gasteiger partial charge in [-0.1, -0.05) is 0 Å². The van der Waals surface area contributed by atoms with Gasteiger partial charge in [-0.15, -0.1) is 0 Å². The van der Waals surface area contributed by atoms with Crippen molar-refractivity contribution in [2.45, 2.75) is 51.0 Å². The van der Waals surface area contributed by atoms with Crippen LogP contribution in [0.3, 0.4) is 0 Å². The molecule has 38 heavy (non-hydrogen) atoms. The van der Waals surface area contributed by atoms with Crippen LogP contribution in [0.5, 0.6) is 34.5 Å². The first-order valence-electron chi connectivity index (χ1n) is 11.4. The fourth-order valence-corrected chi connectivity index (χ4v) is 4.25. The van der Waals surface area contributed by atoms with E-state index < -0.39 is 72.5 Å². The van der Waals surface area contributed by atoms with E-state index in [1.807, 2.05) is 0 Å². The van der Waals surface area contributed by atoms with Crippen molar-refractivity contribution in [1.82, 2.24) is 0 Å². The second-order valence-corrected chi connectivity index (χ2v) is 8.68. The van der Waals surface area contributed by atoms with Crippen molar-refractivity contribution in [2.24, 2.45) is 0 Å². The molecule has 5 atom stereocenters. The summed E-state index contributed by atoms with van der Waals surface area (Å²) in [6, 6.07) is 2.27. The molecule has 0 aromatic heterocycles. The maximum Gasteiger partial charge on any atom is 0.229 e. The van der Waals surface area contributed by atoms with Crippen molar-refractivity contribution >= 4 is 11.6 Å². The SMILES string of the molecule is COc1cc(O)c(Cc2c(OC3OC(CO)C(O)C(O)C3O)cc(OC)c(C(C)=O)c2O)c(O)c1C(C)=O. The van der Waals surface area contributed by atoms with Gasteiger partial charge in [0.1, 0.15) is 70.0 Å². The van der Waals surface area contributed by atoms with Crippen LogP contribution in [0.25, 0.3) is 0 Å². The highest BCUT2D eigenvalue weighted by Gasteiger charge is 2.45. The number of methoxy groups -OCH3 is 2. The zero-order chi connectivity index (χ0) is 28.5. The third-order valence-corrected chi connectivity index (χ3v) is 6.26. The lowest BCUT2D eigenvalue weighted by atomic mass is 9.94. The van der Waals surface area contributed by atoms with Gasteiger partial charge in [0.05, 0.1) is 20.8 Å². The number of aliphatic hydroxyl groups excluding tert-OH is 4. The molecule has 13 nitrogen and oxygen atoms in total. The number of Topliss-reactive ketones (excluding diaryl/α,β-unsaturated/α-hetero) is 2. The Hall–Kier alpha value is -3.62. The molecule has 5 unspecified atom stereocenters. The number of hydrogen-bond donors (Lipinski definition) is 7. The summed E-state index contributed by atoms with van der Waals surface area (Å²) in [5, 5.41) is 72.6. The number of ether oxygens (including phenoxy) is 4. The maximum absolute atomic E-state index is 12.3. The number of benzene rings is 2. The molecule has 2 aromatic rings. The first-order valence-corrected chi connectivity index (χ1v) is 11.4. The van der Waals surface area contributed by atoms with Crippen LogP contribution in [0.15, 0.2) is 12.1 Å². The van der Waals surface area contributed by atoms with Crippen molar-refractivity contribution in [3.63, 3.8) is 0 Å². The Bertz CT molecular complexity index is 1220. The molecule has 7 N–H and O–H groups in total. The van der Waals surface area contributed by atoms with Crippen molar-refractivity contribution in [3.05, 3.63) is 34.4 Å². The molecule has 1 aliphatic rings. The highest BCUT2D eigenvalue weighted by molar-refractivity contribution is 6.01. The number of rotatable bonds is 9. The molecular weight excluding hydrogens is 508 g/mol. The number of carbonyl (C=O) groups is 2. The zero-order valence-corrected chi connectivity index (χ0v) is 21.0. The van der Waals surface area contributed by atoms with Crippen LogP contribution in [0, 0.1) is 0 Å². The standard InChI is InChI=1S/C25H30O13/c1-9(27)18-15(35-3)6-13(29)11(20(18)30)5-12-14(7-16(36-4)19(10(2)28)21(12)31)37-25-24(34)23(33)22(32)17(8-26)38-25/h6-7,17,22-26,29-34H,5,8H2,1-4H3. The molecule has 3 rings (SSSR count). The van der Waals surface area contributed by atoms with E-state index in [1.54, 1.807) is 0 Å². The van der Waals surface area contributed by atoms with Gasteiger partial charge < -0.3 is 54.7 Å². The van der Waals surface area contributed by atoms with Crippen LogP contribution in [0.2, 0.25) is 0 Å². The topological polar surface area (TPSA) is 213 Å². The summed E-state index contributed by atoms with van der Waals surface area (Å²) in [5.74, 6) is -3.50. The van der Waals surface area contributed by atoms with E-state index >= 15 is 0 Å². The van der Waals surface area contributed by atoms with Crippen LogP contribution in [-0.2, 0) is 11.2 Å². The van der Waals surface area contributed by atoms with Crippen LogP contribution in [0.1, 0.15) is 45.7 Å². The van der Waals surface area contributed by atoms with Crippen LogP contribution >= 0.6 is 0 Å². The first kappa shape index (κ1) is 28.9. The van der Waals surface area contributed by atoms with Crippen molar-refractivity contribution in [1.29, 1.82) is 0 Å². The Kier molecular flexibility index (Phi) is 8.69. The van der Waals surface area contributed by atoms with E-state index in [4.69, 9.17) is 18.9 Å². The summed E-state index contributed by atoms with van der Waals surface area (Å²) >= 11 is 0. The second kappa shape index (κ2) is 11.4. The number of ketones is 2. The highest BCUT2D eigenvalue weighted by atomic mass is 16.7. The molecule has 0 radical (unpaired) electrons. The van der Waals surface area contributed by atoms with Crippen molar-refractivity contribution < 1.29 is 64.3 Å². The van der Waals surface area contributed by atoms with Gasteiger partial charge in [0.15, 0.2) is 11.6 Å². The number of aliphatic hydroxyl groups is 4. The molecular formula is C25H30O13. The number of hydrogen-bond acceptors (Lipinski definition) is 13. The minimum Gasteiger partial charge on any atom is -0.507 e. The van der Waals surface area contributed by atoms with E-state index in [9.17, 15) is 45.3 Å². The van der Waals surface area contributed by atoms with Crippen molar-refractivity contribution in [2.75, 3.05) is 20.8 Å². The zero-order valence-electron chi connectivity index (χ0n) is 21.0. The molecule has 1 fully saturated rings. The Balaban J connectivity index is 2.20. The molecule has 1 heterocycles. The molecule has 0 bridgehead atoms. The Morgan fingerprint density at radius 2 is 1.34 bits per heavy atom. The normalized spacial score (nSPS) is 23.1. The summed E-state index contributed by atoms with van der Waals surface area (Å²) in [6.45, 7) is 1.61. The molecule has 2 aromatic carbocycles. The van der Waals surface area contributed by atoms with E-state index in [2.05, 4.69) is 0 Å². The third-order valence-electron chi connectivity index (χ3n) is 6.26. The minimum absolute atomic E-state index is 0.0996. The molecule has 0 saturated carbocycles. The second-order valence-electron chi connectivity index (χ2n) is 8.68. The Morgan fingerprint density at radius 1 is 0.816 bits per heavy atom. The van der Waals surface area contributed by atoms with Crippen molar-refractivity contribution in [3.8, 4) is 34.5 Å². The summed E-state index contributed by atoms with van der Waals surface area (Å²) < 4.78 is 21.4. The van der Waals surface area contributed by atoms with E-state index in [-0.39, 0.29) is 39.5 Å². The van der Waals surface area contributed by atoms with Crippen LogP contribution in [0.4, 0.5) is 0 Å². The molecule has 0 spiro atoms. The van der Waals surface area contributed by atoms with Gasteiger partial charge in [0.25, 0.3) is 0 Å². The Labute approximate surface area is 217 Å². The smallest absolute Gasteiger partial charge is 0.229 e. The predicted molar refractivity (Wildman–Crippen MR) is 128 cm³/mol. The molecule has 1 saturated heterocycles. The number of phenols is 3. The summed E-state index contributed by atoms with van der Waals surface area (Å²) in [4.78, 5) is 24.5. The molecule has 208 valence electrons. The fourth-order valence-electron chi connectivity index (χ4n) is 4.25. The number of aromatic hydroxyl groups is 3. The molecule has 0 aliphatic carbocycles. The molecule has 1 aliphatic heterocycles. The summed E-state index contributed by atoms with van der Waals surface area (Å²) in [5.41, 5.74) is -0.928. The largest absolute Gasteiger partial charge is 0.507 e. The monoisotopic (exact) mass is 538 g/mol. The van der Waals surface area contributed by atoms with Gasteiger partial charge in [0.2, 0.25) is 6.29 Å². The summed E-state index contributed by atoms with van der Waals surface area (Å²) in [7, 11) is 2.46. The molecule has 0 amide bonds. The average Bonchev–Trinajstić information content (AvgIpc) is 2.86. The van der Waals surface area contributed by atoms with E-state index in [0.29, 0.717) is 0 Å². The third kappa shape index (κ3) is 5.19. The van der Waals surface area contributed by atoms with Crippen LogP contribution in [-0.4, -0.2) is 98.8 Å². The molecule has 13 heteroatoms. The van der Waals surface area contributed by atoms with Gasteiger partial charge in [-0.2, -0.15) is 0 Å². The lowest BCUT2D eigenvalue weighted by molar-refractivity contribution is -0.277. The highest BCUT2D eigenvalue weighted by Crippen LogP contribution is 2.45. The average molecular weight is 539 g/mol. The van der Waals surface area contributed by atoms with Crippen LogP contribution < -0.4 is 14.2 Å². The lowest BCUT2D eigenvalue weighted by Gasteiger charge is -2.39. The van der Waals surface area contributed by atoms with Gasteiger partial charge in [-0.3, -0.25) is 9.59 Å². The first-order chi connectivity index (χ1) is 17.9. The van der Waals surface area contributed by atoms with E-state index in [0.717, 1.165) is 13.0 Å². The summed E-state index contributed by atoms with van der Waals surface area (Å²) in [6.07, 6.45) is -8.73. The fraction of sp³-hybridized carbons (Fsp3) is 0.440. The van der Waals surface area contributed by atoms with Gasteiger partial charge in [-0.05, 0) is 13.8 Å². The van der Waals surface area contributed by atoms with Gasteiger partial charge in [-0.25, -0.2) is 0 Å². The predicted octanol–water partition coefficient (Wildman–Crippen LogP) is -0.00470. The number of carbonyl (C=O) groups excluding carboxylic acids is 2. The quantitative estimate of drug-likeness (QED) is 0.210. The maximum atomic E-state index is 12.3. The lowest BCUT2D eigenvalue weighted by Crippen LogP contribution is -2.60. The van der Waals surface area contributed by atoms with Gasteiger partial charge >= 0.3 is 0 Å².